The Morgan fingerprint density at radius 2 is 1.79 bits per heavy atom. The fourth-order valence-electron chi connectivity index (χ4n) is 2.89. The van der Waals surface area contributed by atoms with E-state index in [1.807, 2.05) is 62.4 Å². The maximum absolute atomic E-state index is 10.2. The van der Waals surface area contributed by atoms with Gasteiger partial charge in [-0.3, -0.25) is 4.99 Å². The van der Waals surface area contributed by atoms with E-state index >= 15 is 0 Å². The number of hydrogen-bond acceptors (Lipinski definition) is 4. The van der Waals surface area contributed by atoms with E-state index in [9.17, 15) is 5.11 Å². The van der Waals surface area contributed by atoms with Crippen LogP contribution in [0.3, 0.4) is 0 Å². The SMILES string of the molecule is CCNC(=NCC(O)COC(C)c1ccccc1)NCCc1ccccc1OC. The van der Waals surface area contributed by atoms with E-state index in [1.54, 1.807) is 7.11 Å². The Morgan fingerprint density at radius 1 is 1.07 bits per heavy atom. The average Bonchev–Trinajstić information content (AvgIpc) is 2.76. The molecule has 2 aromatic carbocycles. The van der Waals surface area contributed by atoms with Gasteiger partial charge < -0.3 is 25.2 Å². The van der Waals surface area contributed by atoms with Gasteiger partial charge in [0.2, 0.25) is 0 Å². The minimum absolute atomic E-state index is 0.0676. The Balaban J connectivity index is 1.78. The molecule has 2 aromatic rings. The molecule has 0 spiro atoms. The first-order chi connectivity index (χ1) is 14.1. The van der Waals surface area contributed by atoms with Gasteiger partial charge in [-0.25, -0.2) is 0 Å². The van der Waals surface area contributed by atoms with Crippen LogP contribution in [0.5, 0.6) is 5.75 Å². The first kappa shape index (κ1) is 22.7. The molecule has 29 heavy (non-hydrogen) atoms. The van der Waals surface area contributed by atoms with Crippen molar-refractivity contribution in [3.63, 3.8) is 0 Å². The van der Waals surface area contributed by atoms with Crippen LogP contribution in [0.1, 0.15) is 31.1 Å². The van der Waals surface area contributed by atoms with Gasteiger partial charge in [0, 0.05) is 13.1 Å². The molecule has 0 aliphatic rings. The molecule has 0 bridgehead atoms. The van der Waals surface area contributed by atoms with E-state index < -0.39 is 6.10 Å². The van der Waals surface area contributed by atoms with Crippen LogP contribution < -0.4 is 15.4 Å². The maximum atomic E-state index is 10.2. The third-order valence-electron chi connectivity index (χ3n) is 4.49. The molecule has 2 unspecified atom stereocenters. The van der Waals surface area contributed by atoms with E-state index in [1.165, 1.54) is 0 Å². The summed E-state index contributed by atoms with van der Waals surface area (Å²) in [6.45, 7) is 5.96. The Hall–Kier alpha value is -2.57. The summed E-state index contributed by atoms with van der Waals surface area (Å²) in [7, 11) is 1.68. The van der Waals surface area contributed by atoms with Crippen molar-refractivity contribution in [1.29, 1.82) is 0 Å². The number of nitrogens with zero attached hydrogens (tertiary/aromatic N) is 1. The highest BCUT2D eigenvalue weighted by Crippen LogP contribution is 2.17. The highest BCUT2D eigenvalue weighted by molar-refractivity contribution is 5.79. The van der Waals surface area contributed by atoms with Gasteiger partial charge in [0.1, 0.15) is 5.75 Å². The van der Waals surface area contributed by atoms with Gasteiger partial charge in [-0.1, -0.05) is 48.5 Å². The van der Waals surface area contributed by atoms with Gasteiger partial charge in [0.05, 0.1) is 32.5 Å². The molecule has 2 rings (SSSR count). The number of guanidine groups is 1. The smallest absolute Gasteiger partial charge is 0.191 e. The van der Waals surface area contributed by atoms with Crippen LogP contribution in [-0.2, 0) is 11.2 Å². The van der Waals surface area contributed by atoms with Gasteiger partial charge >= 0.3 is 0 Å². The molecule has 0 fully saturated rings. The predicted molar refractivity (Wildman–Crippen MR) is 117 cm³/mol. The highest BCUT2D eigenvalue weighted by atomic mass is 16.5. The summed E-state index contributed by atoms with van der Waals surface area (Å²) in [6, 6.07) is 18.0. The third-order valence-corrected chi connectivity index (χ3v) is 4.49. The zero-order valence-electron chi connectivity index (χ0n) is 17.6. The van der Waals surface area contributed by atoms with Crippen LogP contribution in [0.15, 0.2) is 59.6 Å². The minimum atomic E-state index is -0.661. The van der Waals surface area contributed by atoms with Crippen molar-refractivity contribution in [3.8, 4) is 5.75 Å². The lowest BCUT2D eigenvalue weighted by Crippen LogP contribution is -2.39. The molecule has 0 heterocycles. The molecule has 2 atom stereocenters. The lowest BCUT2D eigenvalue weighted by atomic mass is 10.1. The lowest BCUT2D eigenvalue weighted by molar-refractivity contribution is 0.00111. The summed E-state index contributed by atoms with van der Waals surface area (Å²) in [4.78, 5) is 4.47. The summed E-state index contributed by atoms with van der Waals surface area (Å²) in [5.74, 6) is 1.56. The molecule has 3 N–H and O–H groups in total. The Morgan fingerprint density at radius 3 is 2.52 bits per heavy atom. The number of ether oxygens (including phenoxy) is 2. The van der Waals surface area contributed by atoms with E-state index in [0.29, 0.717) is 12.5 Å². The van der Waals surface area contributed by atoms with Crippen molar-refractivity contribution in [1.82, 2.24) is 10.6 Å². The van der Waals surface area contributed by atoms with Crippen LogP contribution in [0, 0.1) is 0 Å². The van der Waals surface area contributed by atoms with Crippen molar-refractivity contribution >= 4 is 5.96 Å². The molecule has 0 aromatic heterocycles. The lowest BCUT2D eigenvalue weighted by Gasteiger charge is -2.17. The number of benzene rings is 2. The van der Waals surface area contributed by atoms with Crippen molar-refractivity contribution in [2.45, 2.75) is 32.5 Å². The standard InChI is InChI=1S/C23H33N3O3/c1-4-24-23(25-15-14-20-12-8-9-13-22(20)28-3)26-16-21(27)17-29-18(2)19-10-6-5-7-11-19/h5-13,18,21,27H,4,14-17H2,1-3H3,(H2,24,25,26). The van der Waals surface area contributed by atoms with E-state index in [2.05, 4.69) is 21.7 Å². The topological polar surface area (TPSA) is 75.1 Å². The average molecular weight is 400 g/mol. The zero-order valence-corrected chi connectivity index (χ0v) is 17.6. The fourth-order valence-corrected chi connectivity index (χ4v) is 2.89. The van der Waals surface area contributed by atoms with Crippen LogP contribution >= 0.6 is 0 Å². The Labute approximate surface area is 174 Å². The molecule has 6 nitrogen and oxygen atoms in total. The van der Waals surface area contributed by atoms with Crippen molar-refractivity contribution < 1.29 is 14.6 Å². The number of aliphatic hydroxyl groups excluding tert-OH is 1. The number of para-hydroxylation sites is 1. The molecule has 6 heteroatoms. The van der Waals surface area contributed by atoms with Crippen molar-refractivity contribution in [2.75, 3.05) is 33.4 Å². The first-order valence-corrected chi connectivity index (χ1v) is 10.1. The van der Waals surface area contributed by atoms with Crippen LogP contribution in [0.25, 0.3) is 0 Å². The van der Waals surface area contributed by atoms with Gasteiger partial charge in [-0.15, -0.1) is 0 Å². The van der Waals surface area contributed by atoms with Gasteiger partial charge in [0.25, 0.3) is 0 Å². The number of rotatable bonds is 11. The fraction of sp³-hybridized carbons (Fsp3) is 0.435. The summed E-state index contributed by atoms with van der Waals surface area (Å²) in [5, 5.41) is 16.7. The molecule has 0 aliphatic carbocycles. The van der Waals surface area contributed by atoms with Crippen LogP contribution in [0.2, 0.25) is 0 Å². The molecule has 0 saturated heterocycles. The Kier molecular flexibility index (Phi) is 10.0. The predicted octanol–water partition coefficient (Wildman–Crippen LogP) is 2.93. The maximum Gasteiger partial charge on any atom is 0.191 e. The second kappa shape index (κ2) is 12.8. The van der Waals surface area contributed by atoms with Gasteiger partial charge in [-0.2, -0.15) is 0 Å². The van der Waals surface area contributed by atoms with E-state index in [-0.39, 0.29) is 19.3 Å². The Bertz CT molecular complexity index is 737. The summed E-state index contributed by atoms with van der Waals surface area (Å²) < 4.78 is 11.2. The number of aliphatic hydroxyl groups is 1. The van der Waals surface area contributed by atoms with Crippen LogP contribution in [-0.4, -0.2) is 50.5 Å². The first-order valence-electron chi connectivity index (χ1n) is 10.1. The molecular formula is C23H33N3O3. The normalized spacial score (nSPS) is 13.6. The van der Waals surface area contributed by atoms with Gasteiger partial charge in [-0.05, 0) is 37.5 Å². The third kappa shape index (κ3) is 8.13. The van der Waals surface area contributed by atoms with Crippen molar-refractivity contribution in [2.24, 2.45) is 4.99 Å². The summed E-state index contributed by atoms with van der Waals surface area (Å²) in [5.41, 5.74) is 2.23. The summed E-state index contributed by atoms with van der Waals surface area (Å²) in [6.07, 6.45) is 0.0854. The number of methoxy groups -OCH3 is 1. The molecule has 158 valence electrons. The molecular weight excluding hydrogens is 366 g/mol. The molecule has 0 aliphatic heterocycles. The molecule has 0 radical (unpaired) electrons. The zero-order chi connectivity index (χ0) is 20.9. The second-order valence-electron chi connectivity index (χ2n) is 6.75. The van der Waals surface area contributed by atoms with E-state index in [0.717, 1.165) is 29.8 Å². The number of nitrogens with one attached hydrogen (secondary N) is 2. The molecule has 0 saturated carbocycles. The van der Waals surface area contributed by atoms with Crippen LogP contribution in [0.4, 0.5) is 0 Å². The number of hydrogen-bond donors (Lipinski definition) is 3. The van der Waals surface area contributed by atoms with E-state index in [4.69, 9.17) is 9.47 Å². The monoisotopic (exact) mass is 399 g/mol. The minimum Gasteiger partial charge on any atom is -0.496 e. The second-order valence-corrected chi connectivity index (χ2v) is 6.75. The largest absolute Gasteiger partial charge is 0.496 e. The number of aliphatic imine (C=N–C) groups is 1. The van der Waals surface area contributed by atoms with Crippen molar-refractivity contribution in [3.05, 3.63) is 65.7 Å². The van der Waals surface area contributed by atoms with Gasteiger partial charge in [0.15, 0.2) is 5.96 Å². The quantitative estimate of drug-likeness (QED) is 0.400. The highest BCUT2D eigenvalue weighted by Gasteiger charge is 2.10. The molecule has 0 amide bonds. The summed E-state index contributed by atoms with van der Waals surface area (Å²) >= 11 is 0.